The van der Waals surface area contributed by atoms with E-state index in [9.17, 15) is 13.2 Å². The van der Waals surface area contributed by atoms with E-state index in [-0.39, 0.29) is 11.3 Å². The lowest BCUT2D eigenvalue weighted by molar-refractivity contribution is -0.141. The molecule has 9 heteroatoms. The number of carbonyl (C=O) groups excluding carboxylic acids is 1. The molecule has 2 heterocycles. The summed E-state index contributed by atoms with van der Waals surface area (Å²) in [5, 5.41) is 1.82. The van der Waals surface area contributed by atoms with Crippen LogP contribution in [0, 0.1) is 0 Å². The molecule has 0 radical (unpaired) electrons. The molecule has 140 valence electrons. The van der Waals surface area contributed by atoms with E-state index < -0.39 is 22.0 Å². The van der Waals surface area contributed by atoms with Crippen LogP contribution in [0.15, 0.2) is 58.4 Å². The zero-order valence-corrected chi connectivity index (χ0v) is 15.4. The monoisotopic (exact) mass is 386 g/mol. The fourth-order valence-corrected chi connectivity index (χ4v) is 5.24. The normalized spacial score (nSPS) is 19.7. The predicted octanol–water partition coefficient (Wildman–Crippen LogP) is 1.81. The second-order valence-corrected chi connectivity index (χ2v) is 7.94. The molecule has 2 aromatic rings. The van der Waals surface area contributed by atoms with Gasteiger partial charge in [0.25, 0.3) is 10.0 Å². The van der Waals surface area contributed by atoms with Crippen LogP contribution in [0.3, 0.4) is 0 Å². The Morgan fingerprint density at radius 1 is 1.19 bits per heavy atom. The number of rotatable bonds is 4. The van der Waals surface area contributed by atoms with Gasteiger partial charge in [0.1, 0.15) is 13.0 Å². The minimum atomic E-state index is -3.76. The molecule has 0 aromatic heterocycles. The molecule has 0 bridgehead atoms. The van der Waals surface area contributed by atoms with Gasteiger partial charge in [0.05, 0.1) is 35.8 Å². The van der Waals surface area contributed by atoms with Gasteiger partial charge in [-0.1, -0.05) is 18.2 Å². The van der Waals surface area contributed by atoms with Gasteiger partial charge in [0, 0.05) is 0 Å². The Hall–Kier alpha value is -3.07. The number of sulfonamides is 1. The fourth-order valence-electron chi connectivity index (χ4n) is 3.35. The lowest BCUT2D eigenvalue weighted by atomic mass is 10.0. The number of hydrogen-bond acceptors (Lipinski definition) is 7. The third-order valence-electron chi connectivity index (χ3n) is 4.63. The highest BCUT2D eigenvalue weighted by Crippen LogP contribution is 2.44. The second kappa shape index (κ2) is 6.58. The summed E-state index contributed by atoms with van der Waals surface area (Å²) in [5.74, 6) is -0.466. The zero-order chi connectivity index (χ0) is 19.0. The molecule has 27 heavy (non-hydrogen) atoms. The van der Waals surface area contributed by atoms with Crippen molar-refractivity contribution in [3.63, 3.8) is 0 Å². The summed E-state index contributed by atoms with van der Waals surface area (Å²) in [7, 11) is -2.47. The molecular weight excluding hydrogens is 368 g/mol. The number of benzene rings is 2. The Balaban J connectivity index is 1.74. The number of nitrogens with zero attached hydrogens (tertiary/aromatic N) is 3. The number of carbonyl (C=O) groups is 1. The quantitative estimate of drug-likeness (QED) is 0.806. The zero-order valence-electron chi connectivity index (χ0n) is 14.6. The Kier molecular flexibility index (Phi) is 4.23. The van der Waals surface area contributed by atoms with Crippen molar-refractivity contribution in [3.8, 4) is 0 Å². The standard InChI is InChI=1S/C18H18N4O4S/c1-26-18(23)10-16-15-4-2-3-5-17(15)27(24,25)22(16)14-8-6-13(7-9-14)21-12-19-11-20-21/h2-9,11,16H,10,12H2,1H3,(H,19,20). The first-order valence-electron chi connectivity index (χ1n) is 8.34. The van der Waals surface area contributed by atoms with Crippen LogP contribution in [0.4, 0.5) is 11.4 Å². The summed E-state index contributed by atoms with van der Waals surface area (Å²) in [6, 6.07) is 13.2. The molecule has 8 nitrogen and oxygen atoms in total. The van der Waals surface area contributed by atoms with Gasteiger partial charge in [-0.3, -0.25) is 24.5 Å². The van der Waals surface area contributed by atoms with Crippen molar-refractivity contribution in [3.05, 3.63) is 54.1 Å². The molecule has 0 saturated carbocycles. The maximum atomic E-state index is 13.1. The molecule has 0 spiro atoms. The average molecular weight is 386 g/mol. The van der Waals surface area contributed by atoms with Crippen LogP contribution in [0.5, 0.6) is 0 Å². The summed E-state index contributed by atoms with van der Waals surface area (Å²) in [6.07, 6.45) is 1.54. The molecule has 1 atom stereocenters. The number of fused-ring (bicyclic) bond motifs is 1. The van der Waals surface area contributed by atoms with E-state index >= 15 is 0 Å². The van der Waals surface area contributed by atoms with Gasteiger partial charge in [0.2, 0.25) is 0 Å². The Bertz CT molecular complexity index is 996. The SMILES string of the molecule is COC(=O)CC1c2ccccc2S(=O)(=O)N1c1ccc(N2CN=CN2)cc1. The highest BCUT2D eigenvalue weighted by atomic mass is 32.2. The van der Waals surface area contributed by atoms with Gasteiger partial charge >= 0.3 is 5.97 Å². The van der Waals surface area contributed by atoms with Crippen LogP contribution >= 0.6 is 0 Å². The number of hydrazine groups is 1. The van der Waals surface area contributed by atoms with Crippen molar-refractivity contribution >= 4 is 33.7 Å². The van der Waals surface area contributed by atoms with Gasteiger partial charge in [-0.25, -0.2) is 8.42 Å². The summed E-state index contributed by atoms with van der Waals surface area (Å²) in [6.45, 7) is 0.484. The van der Waals surface area contributed by atoms with Gasteiger partial charge in [0.15, 0.2) is 0 Å². The fraction of sp³-hybridized carbons (Fsp3) is 0.222. The molecule has 2 aliphatic rings. The number of anilines is 2. The van der Waals surface area contributed by atoms with E-state index in [0.29, 0.717) is 17.9 Å². The molecule has 4 rings (SSSR count). The van der Waals surface area contributed by atoms with Crippen LogP contribution in [0.1, 0.15) is 18.0 Å². The predicted molar refractivity (Wildman–Crippen MR) is 101 cm³/mol. The Morgan fingerprint density at radius 2 is 1.89 bits per heavy atom. The molecule has 1 unspecified atom stereocenters. The lowest BCUT2D eigenvalue weighted by Crippen LogP contribution is -2.32. The smallest absolute Gasteiger partial charge is 0.307 e. The minimum absolute atomic E-state index is 0.0595. The molecular formula is C18H18N4O4S. The largest absolute Gasteiger partial charge is 0.469 e. The van der Waals surface area contributed by atoms with E-state index in [1.165, 1.54) is 11.4 Å². The summed E-state index contributed by atoms with van der Waals surface area (Å²) in [4.78, 5) is 16.2. The van der Waals surface area contributed by atoms with Crippen molar-refractivity contribution in [2.75, 3.05) is 23.1 Å². The van der Waals surface area contributed by atoms with Gasteiger partial charge < -0.3 is 4.74 Å². The van der Waals surface area contributed by atoms with Gasteiger partial charge in [-0.15, -0.1) is 0 Å². The molecule has 2 aromatic carbocycles. The third kappa shape index (κ3) is 2.89. The van der Waals surface area contributed by atoms with Crippen LogP contribution in [-0.4, -0.2) is 34.5 Å². The number of nitrogens with one attached hydrogen (secondary N) is 1. The molecule has 0 amide bonds. The van der Waals surface area contributed by atoms with Crippen molar-refractivity contribution < 1.29 is 17.9 Å². The number of methoxy groups -OCH3 is 1. The van der Waals surface area contributed by atoms with Crippen LogP contribution in [0.2, 0.25) is 0 Å². The maximum Gasteiger partial charge on any atom is 0.307 e. The molecule has 0 aliphatic carbocycles. The molecule has 1 N–H and O–H groups in total. The van der Waals surface area contributed by atoms with Crippen LogP contribution < -0.4 is 14.7 Å². The van der Waals surface area contributed by atoms with Gasteiger partial charge in [-0.2, -0.15) is 0 Å². The number of ether oxygens (including phenoxy) is 1. The van der Waals surface area contributed by atoms with E-state index in [1.54, 1.807) is 42.7 Å². The highest BCUT2D eigenvalue weighted by Gasteiger charge is 2.43. The molecule has 2 aliphatic heterocycles. The second-order valence-electron chi connectivity index (χ2n) is 6.16. The topological polar surface area (TPSA) is 91.3 Å². The van der Waals surface area contributed by atoms with Crippen molar-refractivity contribution in [2.45, 2.75) is 17.4 Å². The summed E-state index contributed by atoms with van der Waals surface area (Å²) in [5.41, 5.74) is 4.93. The first kappa shape index (κ1) is 17.3. The first-order chi connectivity index (χ1) is 13.0. The minimum Gasteiger partial charge on any atom is -0.469 e. The Morgan fingerprint density at radius 3 is 2.56 bits per heavy atom. The number of esters is 1. The molecule has 0 fully saturated rings. The van der Waals surface area contributed by atoms with Crippen molar-refractivity contribution in [2.24, 2.45) is 4.99 Å². The average Bonchev–Trinajstić information content (AvgIpc) is 3.28. The number of hydrogen-bond donors (Lipinski definition) is 1. The first-order valence-corrected chi connectivity index (χ1v) is 9.78. The summed E-state index contributed by atoms with van der Waals surface area (Å²) >= 11 is 0. The lowest BCUT2D eigenvalue weighted by Gasteiger charge is -2.26. The molecule has 0 saturated heterocycles. The van der Waals surface area contributed by atoms with E-state index in [2.05, 4.69) is 10.4 Å². The third-order valence-corrected chi connectivity index (χ3v) is 6.54. The van der Waals surface area contributed by atoms with E-state index in [0.717, 1.165) is 5.69 Å². The maximum absolute atomic E-state index is 13.1. The van der Waals surface area contributed by atoms with Crippen LogP contribution in [0.25, 0.3) is 0 Å². The summed E-state index contributed by atoms with van der Waals surface area (Å²) < 4.78 is 32.3. The van der Waals surface area contributed by atoms with Crippen molar-refractivity contribution in [1.29, 1.82) is 0 Å². The number of aliphatic imine (C=N–C) groups is 1. The Labute approximate surface area is 157 Å². The van der Waals surface area contributed by atoms with Crippen molar-refractivity contribution in [1.82, 2.24) is 5.43 Å². The van der Waals surface area contributed by atoms with E-state index in [1.807, 2.05) is 17.1 Å². The van der Waals surface area contributed by atoms with Gasteiger partial charge in [-0.05, 0) is 35.9 Å². The highest BCUT2D eigenvalue weighted by molar-refractivity contribution is 7.93. The van der Waals surface area contributed by atoms with E-state index in [4.69, 9.17) is 4.74 Å². The van der Waals surface area contributed by atoms with Crippen LogP contribution in [-0.2, 0) is 19.6 Å².